The molecule has 6 fully saturated rings. The van der Waals surface area contributed by atoms with Gasteiger partial charge >= 0.3 is 5.97 Å². The molecule has 5 aliphatic carbocycles. The summed E-state index contributed by atoms with van der Waals surface area (Å²) >= 11 is 0. The third kappa shape index (κ3) is 3.64. The minimum Gasteiger partial charge on any atom is -0.461 e. The van der Waals surface area contributed by atoms with Crippen LogP contribution in [0.2, 0.25) is 0 Å². The Morgan fingerprint density at radius 3 is 2.21 bits per heavy atom. The van der Waals surface area contributed by atoms with Gasteiger partial charge in [-0.2, -0.15) is 0 Å². The maximum absolute atomic E-state index is 12.9. The monoisotopic (exact) mass is 541 g/mol. The fraction of sp³-hybridized carbons (Fsp3) is 0.971. The van der Waals surface area contributed by atoms with Crippen LogP contribution in [0.1, 0.15) is 127 Å². The van der Waals surface area contributed by atoms with Crippen molar-refractivity contribution >= 4 is 5.97 Å². The Morgan fingerprint density at radius 1 is 0.821 bits per heavy atom. The van der Waals surface area contributed by atoms with Crippen molar-refractivity contribution in [2.45, 2.75) is 145 Å². The van der Waals surface area contributed by atoms with Crippen LogP contribution in [0, 0.1) is 62.1 Å². The number of hydrogen-bond donors (Lipinski definition) is 1. The average Bonchev–Trinajstić information content (AvgIpc) is 3.19. The van der Waals surface area contributed by atoms with Gasteiger partial charge in [-0.3, -0.25) is 4.79 Å². The van der Waals surface area contributed by atoms with Gasteiger partial charge in [0, 0.05) is 5.41 Å². The lowest BCUT2D eigenvalue weighted by molar-refractivity contribution is -0.254. The zero-order valence-corrected chi connectivity index (χ0v) is 26.7. The van der Waals surface area contributed by atoms with E-state index in [0.29, 0.717) is 39.1 Å². The van der Waals surface area contributed by atoms with E-state index in [1.165, 1.54) is 57.8 Å². The van der Waals surface area contributed by atoms with Crippen LogP contribution in [0.5, 0.6) is 0 Å². The second-order valence-electron chi connectivity index (χ2n) is 17.8. The summed E-state index contributed by atoms with van der Waals surface area (Å²) in [5.41, 5.74) is 7.98. The molecule has 4 heteroatoms. The predicted octanol–water partition coefficient (Wildman–Crippen LogP) is 7.77. The zero-order chi connectivity index (χ0) is 28.4. The molecule has 1 aliphatic heterocycles. The third-order valence-electron chi connectivity index (χ3n) is 15.3. The van der Waals surface area contributed by atoms with Gasteiger partial charge in [-0.05, 0) is 121 Å². The molecular formula is C35H59NO3. The second kappa shape index (κ2) is 8.71. The van der Waals surface area contributed by atoms with Gasteiger partial charge < -0.3 is 15.2 Å². The summed E-state index contributed by atoms with van der Waals surface area (Å²) in [6, 6.07) is -0.530. The van der Waals surface area contributed by atoms with Crippen molar-refractivity contribution in [3.05, 3.63) is 0 Å². The Labute approximate surface area is 239 Å². The summed E-state index contributed by atoms with van der Waals surface area (Å²) in [5, 5.41) is 0. The first-order chi connectivity index (χ1) is 18.0. The zero-order valence-electron chi connectivity index (χ0n) is 26.7. The van der Waals surface area contributed by atoms with Crippen LogP contribution in [0.3, 0.4) is 0 Å². The normalized spacial score (nSPS) is 52.2. The smallest absolute Gasteiger partial charge is 0.323 e. The summed E-state index contributed by atoms with van der Waals surface area (Å²) in [7, 11) is 0. The lowest BCUT2D eigenvalue weighted by Gasteiger charge is -2.73. The van der Waals surface area contributed by atoms with E-state index in [2.05, 4.69) is 48.5 Å². The number of fused-ring (bicyclic) bond motifs is 5. The molecule has 6 rings (SSSR count). The van der Waals surface area contributed by atoms with E-state index >= 15 is 0 Å². The Kier molecular flexibility index (Phi) is 6.37. The molecular weight excluding hydrogens is 482 g/mol. The van der Waals surface area contributed by atoms with Crippen LogP contribution in [-0.2, 0) is 14.3 Å². The van der Waals surface area contributed by atoms with Crippen molar-refractivity contribution in [1.82, 2.24) is 0 Å². The molecule has 5 saturated carbocycles. The van der Waals surface area contributed by atoms with Crippen molar-refractivity contribution in [3.8, 4) is 0 Å². The number of nitrogens with two attached hydrogens (primary N) is 1. The summed E-state index contributed by atoms with van der Waals surface area (Å²) < 4.78 is 13.0. The fourth-order valence-corrected chi connectivity index (χ4v) is 12.6. The highest BCUT2D eigenvalue weighted by molar-refractivity contribution is 5.76. The van der Waals surface area contributed by atoms with E-state index in [9.17, 15) is 4.79 Å². The molecule has 2 bridgehead atoms. The predicted molar refractivity (Wildman–Crippen MR) is 157 cm³/mol. The summed E-state index contributed by atoms with van der Waals surface area (Å²) in [5.74, 6) is 2.76. The molecule has 0 spiro atoms. The van der Waals surface area contributed by atoms with Crippen LogP contribution in [0.25, 0.3) is 0 Å². The number of hydrogen-bond acceptors (Lipinski definition) is 4. The Hall–Kier alpha value is -0.610. The fourth-order valence-electron chi connectivity index (χ4n) is 12.6. The molecule has 0 radical (unpaired) electrons. The largest absolute Gasteiger partial charge is 0.461 e. The third-order valence-corrected chi connectivity index (χ3v) is 15.3. The van der Waals surface area contributed by atoms with Crippen molar-refractivity contribution < 1.29 is 14.3 Å². The van der Waals surface area contributed by atoms with E-state index in [-0.39, 0.29) is 23.4 Å². The lowest BCUT2D eigenvalue weighted by Crippen LogP contribution is -2.68. The highest BCUT2D eigenvalue weighted by Crippen LogP contribution is 2.78. The number of carbonyl (C=O) groups is 1. The van der Waals surface area contributed by atoms with Gasteiger partial charge in [-0.15, -0.1) is 0 Å². The molecule has 4 nitrogen and oxygen atoms in total. The Balaban J connectivity index is 1.29. The Morgan fingerprint density at radius 2 is 1.51 bits per heavy atom. The molecule has 1 heterocycles. The average molecular weight is 542 g/mol. The van der Waals surface area contributed by atoms with Gasteiger partial charge in [0.05, 0.1) is 12.7 Å². The van der Waals surface area contributed by atoms with Gasteiger partial charge in [0.25, 0.3) is 0 Å². The SMILES string of the molecule is CC(C)[C@H](N)C(=O)O[C@H]1CC[C@@]2(C)C(CC[C@]3(C)C2CCC2C4C5OCC4(CCC5(C)C)CC[C@]23C)C1(C)C. The van der Waals surface area contributed by atoms with Gasteiger partial charge in [0.1, 0.15) is 12.1 Å². The molecule has 0 aromatic carbocycles. The minimum absolute atomic E-state index is 0.0315. The van der Waals surface area contributed by atoms with Crippen LogP contribution in [0.15, 0.2) is 0 Å². The van der Waals surface area contributed by atoms with Crippen LogP contribution in [0.4, 0.5) is 0 Å². The van der Waals surface area contributed by atoms with Crippen LogP contribution >= 0.6 is 0 Å². The van der Waals surface area contributed by atoms with Gasteiger partial charge in [-0.1, -0.05) is 62.3 Å². The summed E-state index contributed by atoms with van der Waals surface area (Å²) in [6.45, 7) is 22.9. The second-order valence-corrected chi connectivity index (χ2v) is 17.8. The molecule has 6 unspecified atom stereocenters. The quantitative estimate of drug-likeness (QED) is 0.371. The van der Waals surface area contributed by atoms with E-state index in [1.54, 1.807) is 0 Å². The van der Waals surface area contributed by atoms with Gasteiger partial charge in [-0.25, -0.2) is 0 Å². The van der Waals surface area contributed by atoms with E-state index in [1.807, 2.05) is 13.8 Å². The number of rotatable bonds is 3. The molecule has 11 atom stereocenters. The molecule has 2 N–H and O–H groups in total. The maximum atomic E-state index is 12.9. The number of esters is 1. The highest BCUT2D eigenvalue weighted by Gasteiger charge is 2.73. The number of ether oxygens (including phenoxy) is 2. The van der Waals surface area contributed by atoms with Gasteiger partial charge in [0.15, 0.2) is 0 Å². The standard InChI is InChI=1S/C35H59NO3/c1-21(2)27(36)29(37)39-25-13-14-32(7)23(31(25,5)6)12-15-34(9)24(32)11-10-22-26-28-30(3,4)16-18-35(26,20-38-28)19-17-33(22,34)8/h21-28H,10-20,36H2,1-9H3/t22?,23?,24?,25-,26?,27-,28?,32-,33+,34+,35?/m0/s1. The van der Waals surface area contributed by atoms with E-state index in [4.69, 9.17) is 15.2 Å². The molecule has 39 heavy (non-hydrogen) atoms. The van der Waals surface area contributed by atoms with Crippen LogP contribution in [-0.4, -0.2) is 30.8 Å². The maximum Gasteiger partial charge on any atom is 0.323 e. The van der Waals surface area contributed by atoms with Gasteiger partial charge in [0.2, 0.25) is 0 Å². The molecule has 0 amide bonds. The highest BCUT2D eigenvalue weighted by atomic mass is 16.5. The minimum atomic E-state index is -0.530. The van der Waals surface area contributed by atoms with Crippen molar-refractivity contribution in [3.63, 3.8) is 0 Å². The lowest BCUT2D eigenvalue weighted by atomic mass is 9.31. The Bertz CT molecular complexity index is 1000. The first kappa shape index (κ1) is 28.5. The van der Waals surface area contributed by atoms with Crippen molar-refractivity contribution in [1.29, 1.82) is 0 Å². The summed E-state index contributed by atoms with van der Waals surface area (Å²) in [4.78, 5) is 12.9. The van der Waals surface area contributed by atoms with Crippen molar-refractivity contribution in [2.75, 3.05) is 6.61 Å². The molecule has 222 valence electrons. The van der Waals surface area contributed by atoms with Crippen molar-refractivity contribution in [2.24, 2.45) is 67.8 Å². The van der Waals surface area contributed by atoms with Crippen LogP contribution < -0.4 is 5.73 Å². The topological polar surface area (TPSA) is 61.6 Å². The molecule has 0 aromatic rings. The molecule has 6 aliphatic rings. The van der Waals surface area contributed by atoms with E-state index < -0.39 is 6.04 Å². The first-order valence-electron chi connectivity index (χ1n) is 16.6. The van der Waals surface area contributed by atoms with E-state index in [0.717, 1.165) is 30.8 Å². The molecule has 1 saturated heterocycles. The molecule has 0 aromatic heterocycles. The number of carbonyl (C=O) groups excluding carboxylic acids is 1. The first-order valence-corrected chi connectivity index (χ1v) is 16.6. The summed E-state index contributed by atoms with van der Waals surface area (Å²) in [6.07, 6.45) is 13.3.